The van der Waals surface area contributed by atoms with Crippen molar-refractivity contribution in [3.8, 4) is 0 Å². The minimum absolute atomic E-state index is 0.486. The highest BCUT2D eigenvalue weighted by Gasteiger charge is 1.55. The highest BCUT2D eigenvalue weighted by Crippen LogP contribution is 1.76. The van der Waals surface area contributed by atoms with E-state index in [1.165, 1.54) is 0 Å². The molecule has 0 amide bonds. The van der Waals surface area contributed by atoms with Gasteiger partial charge in [-0.1, -0.05) is 0 Å². The van der Waals surface area contributed by atoms with Crippen molar-refractivity contribution in [1.29, 1.82) is 0 Å². The first-order chi connectivity index (χ1) is 1.91. The lowest BCUT2D eigenvalue weighted by Crippen LogP contribution is -1.64. The Morgan fingerprint density at radius 3 is 2.25 bits per heavy atom. The van der Waals surface area contributed by atoms with Crippen molar-refractivity contribution in [2.24, 2.45) is 0 Å². The average Bonchev–Trinajstić information content (AvgIpc) is 1.37. The number of halogens is 1. The van der Waals surface area contributed by atoms with E-state index in [0.717, 1.165) is 0 Å². The maximum atomic E-state index is 4.24. The van der Waals surface area contributed by atoms with Crippen molar-refractivity contribution < 1.29 is 3.83 Å². The molecule has 0 saturated carbocycles. The van der Waals surface area contributed by atoms with Crippen LogP contribution in [0.3, 0.4) is 0 Å². The Labute approximate surface area is 34.4 Å². The molecule has 0 rings (SSSR count). The Balaban J connectivity index is 1.97. The molecule has 0 aliphatic rings. The minimum atomic E-state index is 0.486. The monoisotopic (exact) mass is 123 g/mol. The van der Waals surface area contributed by atoms with Crippen LogP contribution in [0, 0.1) is 6.92 Å². The van der Waals surface area contributed by atoms with Gasteiger partial charge in [0, 0.05) is 0 Å². The molecular weight excluding hydrogens is 120 g/mol. The molecule has 0 aromatic heterocycles. The number of hydrogen-bond acceptors (Lipinski definition) is 1. The third-order valence-corrected chi connectivity index (χ3v) is 0.401. The highest BCUT2D eigenvalue weighted by atomic mass is 79.9. The van der Waals surface area contributed by atoms with Crippen LogP contribution in [-0.4, -0.2) is 6.61 Å². The smallest absolute Gasteiger partial charge is 0.0987 e. The molecule has 0 unspecified atom stereocenters. The molecule has 1 radical (unpaired) electrons. The summed E-state index contributed by atoms with van der Waals surface area (Å²) in [5, 5.41) is 0. The molecule has 0 N–H and O–H groups in total. The van der Waals surface area contributed by atoms with Crippen molar-refractivity contribution in [2.75, 3.05) is 6.61 Å². The summed E-state index contributed by atoms with van der Waals surface area (Å²) in [6.07, 6.45) is 0. The Morgan fingerprint density at radius 2 is 2.25 bits per heavy atom. The molecule has 2 heteroatoms. The zero-order valence-electron chi connectivity index (χ0n) is 2.20. The van der Waals surface area contributed by atoms with Crippen LogP contribution < -0.4 is 0 Å². The van der Waals surface area contributed by atoms with E-state index < -0.39 is 0 Å². The predicted octanol–water partition coefficient (Wildman–Crippen LogP) is 1.15. The summed E-state index contributed by atoms with van der Waals surface area (Å²) < 4.78 is 4.24. The summed E-state index contributed by atoms with van der Waals surface area (Å²) in [4.78, 5) is 0. The normalized spacial score (nSPS) is 7.50. The van der Waals surface area contributed by atoms with Gasteiger partial charge >= 0.3 is 0 Å². The second-order valence-corrected chi connectivity index (χ2v) is 0.771. The van der Waals surface area contributed by atoms with Gasteiger partial charge in [-0.05, 0) is 6.92 Å². The summed E-state index contributed by atoms with van der Waals surface area (Å²) in [5.41, 5.74) is 0. The summed E-state index contributed by atoms with van der Waals surface area (Å²) >= 11 is 2.69. The molecule has 0 bridgehead atoms. The largest absolute Gasteiger partial charge is 0.308 e. The fourth-order valence-corrected chi connectivity index (χ4v) is 0. The molecule has 0 spiro atoms. The second-order valence-electron chi connectivity index (χ2n) is 0.313. The van der Waals surface area contributed by atoms with E-state index in [1.807, 2.05) is 0 Å². The topological polar surface area (TPSA) is 9.23 Å². The van der Waals surface area contributed by atoms with E-state index in [2.05, 4.69) is 27.0 Å². The van der Waals surface area contributed by atoms with Crippen LogP contribution in [0.4, 0.5) is 0 Å². The number of rotatable bonds is 1. The van der Waals surface area contributed by atoms with Crippen molar-refractivity contribution in [3.63, 3.8) is 0 Å². The summed E-state index contributed by atoms with van der Waals surface area (Å²) in [6, 6.07) is 0. The molecule has 0 aliphatic heterocycles. The molecule has 0 fully saturated rings. The van der Waals surface area contributed by atoms with Gasteiger partial charge in [-0.25, -0.2) is 0 Å². The fraction of sp³-hybridized carbons (Fsp3) is 0.500. The highest BCUT2D eigenvalue weighted by molar-refractivity contribution is 9.06. The van der Waals surface area contributed by atoms with E-state index in [9.17, 15) is 0 Å². The number of hydrogen-bond donors (Lipinski definition) is 0. The van der Waals surface area contributed by atoms with Crippen LogP contribution in [-0.2, 0) is 3.83 Å². The SMILES string of the molecule is [CH2]COBr. The van der Waals surface area contributed by atoms with E-state index in [1.54, 1.807) is 0 Å². The molecule has 0 aromatic carbocycles. The van der Waals surface area contributed by atoms with Gasteiger partial charge in [0.2, 0.25) is 0 Å². The van der Waals surface area contributed by atoms with Gasteiger partial charge in [-0.2, -0.15) is 0 Å². The van der Waals surface area contributed by atoms with Crippen LogP contribution in [0.25, 0.3) is 0 Å². The summed E-state index contributed by atoms with van der Waals surface area (Å²) in [5.74, 6) is 0. The molecule has 0 aliphatic carbocycles. The molecule has 25 valence electrons. The molecular formula is C2H4BrO. The lowest BCUT2D eigenvalue weighted by atomic mass is 10.9. The van der Waals surface area contributed by atoms with Gasteiger partial charge in [0.1, 0.15) is 0 Å². The Hall–Kier alpha value is 0.440. The third kappa shape index (κ3) is 2.44. The van der Waals surface area contributed by atoms with Crippen LogP contribution in [0.1, 0.15) is 0 Å². The first-order valence-electron chi connectivity index (χ1n) is 0.943. The van der Waals surface area contributed by atoms with Crippen LogP contribution >= 0.6 is 16.3 Å². The molecule has 0 atom stereocenters. The standard InChI is InChI=1S/C2H4BrO/c1-2-4-3/h1-2H2. The van der Waals surface area contributed by atoms with Gasteiger partial charge in [0.25, 0.3) is 0 Å². The quantitative estimate of drug-likeness (QED) is 0.509. The predicted molar refractivity (Wildman–Crippen MR) is 20.2 cm³/mol. The Kier molecular flexibility index (Phi) is 3.82. The van der Waals surface area contributed by atoms with Gasteiger partial charge in [0.15, 0.2) is 0 Å². The van der Waals surface area contributed by atoms with Crippen molar-refractivity contribution in [1.82, 2.24) is 0 Å². The van der Waals surface area contributed by atoms with E-state index in [-0.39, 0.29) is 0 Å². The minimum Gasteiger partial charge on any atom is -0.308 e. The summed E-state index contributed by atoms with van der Waals surface area (Å²) in [6.45, 7) is 3.82. The second kappa shape index (κ2) is 3.44. The molecule has 0 saturated heterocycles. The Morgan fingerprint density at radius 1 is 2.00 bits per heavy atom. The van der Waals surface area contributed by atoms with Gasteiger partial charge in [-0.3, -0.25) is 0 Å². The maximum absolute atomic E-state index is 4.24. The summed E-state index contributed by atoms with van der Waals surface area (Å²) in [7, 11) is 0. The van der Waals surface area contributed by atoms with E-state index in [0.29, 0.717) is 6.61 Å². The zero-order valence-corrected chi connectivity index (χ0v) is 3.79. The average molecular weight is 124 g/mol. The van der Waals surface area contributed by atoms with Crippen LogP contribution in [0.2, 0.25) is 0 Å². The zero-order chi connectivity index (χ0) is 3.41. The van der Waals surface area contributed by atoms with Crippen LogP contribution in [0.5, 0.6) is 0 Å². The van der Waals surface area contributed by atoms with Gasteiger partial charge in [-0.15, -0.1) is 0 Å². The maximum Gasteiger partial charge on any atom is 0.0987 e. The molecule has 0 heterocycles. The molecule has 0 aromatic rings. The van der Waals surface area contributed by atoms with Crippen molar-refractivity contribution in [2.45, 2.75) is 0 Å². The van der Waals surface area contributed by atoms with Crippen molar-refractivity contribution >= 4 is 16.3 Å². The van der Waals surface area contributed by atoms with Gasteiger partial charge in [0.05, 0.1) is 22.9 Å². The first kappa shape index (κ1) is 4.44. The fourth-order valence-electron chi connectivity index (χ4n) is 0. The third-order valence-electron chi connectivity index (χ3n) is 0.0772. The lowest BCUT2D eigenvalue weighted by Gasteiger charge is -1.71. The molecule has 4 heavy (non-hydrogen) atoms. The van der Waals surface area contributed by atoms with Gasteiger partial charge < -0.3 is 3.83 Å². The van der Waals surface area contributed by atoms with Crippen molar-refractivity contribution in [3.05, 3.63) is 6.92 Å². The first-order valence-corrected chi connectivity index (χ1v) is 1.59. The van der Waals surface area contributed by atoms with E-state index >= 15 is 0 Å². The Bertz CT molecular complexity index is 8.00. The molecule has 1 nitrogen and oxygen atoms in total. The van der Waals surface area contributed by atoms with E-state index in [4.69, 9.17) is 0 Å². The lowest BCUT2D eigenvalue weighted by molar-refractivity contribution is 0.453. The van der Waals surface area contributed by atoms with Crippen LogP contribution in [0.15, 0.2) is 0 Å².